The molecule has 1 aromatic carbocycles. The number of hydrogen-bond donors (Lipinski definition) is 1. The highest BCUT2D eigenvalue weighted by Gasteiger charge is 2.13. The summed E-state index contributed by atoms with van der Waals surface area (Å²) in [5.41, 5.74) is 6.12. The van der Waals surface area contributed by atoms with Gasteiger partial charge in [-0.05, 0) is 24.6 Å². The van der Waals surface area contributed by atoms with E-state index in [4.69, 9.17) is 22.1 Å². The molecule has 0 aliphatic heterocycles. The Labute approximate surface area is 117 Å². The molecular formula is C12H16ClNO4S. The Morgan fingerprint density at radius 2 is 2.05 bits per heavy atom. The predicted octanol–water partition coefficient (Wildman–Crippen LogP) is 1.90. The van der Waals surface area contributed by atoms with Crippen LogP contribution in [0.3, 0.4) is 0 Å². The number of hydrogen-bond acceptors (Lipinski definition) is 5. The molecule has 2 N–H and O–H groups in total. The van der Waals surface area contributed by atoms with Gasteiger partial charge in [-0.15, -0.1) is 0 Å². The highest BCUT2D eigenvalue weighted by molar-refractivity contribution is 7.91. The Morgan fingerprint density at radius 3 is 2.63 bits per heavy atom. The maximum absolute atomic E-state index is 11.6. The number of ether oxygens (including phenoxy) is 1. The van der Waals surface area contributed by atoms with Crippen molar-refractivity contribution in [2.45, 2.75) is 13.3 Å². The summed E-state index contributed by atoms with van der Waals surface area (Å²) in [6.45, 7) is 1.61. The molecule has 0 unspecified atom stereocenters. The Morgan fingerprint density at radius 1 is 1.37 bits per heavy atom. The van der Waals surface area contributed by atoms with E-state index >= 15 is 0 Å². The van der Waals surface area contributed by atoms with Crippen molar-refractivity contribution in [1.82, 2.24) is 0 Å². The maximum atomic E-state index is 11.6. The van der Waals surface area contributed by atoms with Crippen LogP contribution in [0.2, 0.25) is 5.02 Å². The topological polar surface area (TPSA) is 86.5 Å². The predicted molar refractivity (Wildman–Crippen MR) is 75.1 cm³/mol. The first-order chi connectivity index (χ1) is 8.85. The van der Waals surface area contributed by atoms with Crippen LogP contribution in [0.25, 0.3) is 0 Å². The van der Waals surface area contributed by atoms with Gasteiger partial charge in [0.1, 0.15) is 6.61 Å². The van der Waals surface area contributed by atoms with Crippen LogP contribution in [-0.2, 0) is 14.6 Å². The van der Waals surface area contributed by atoms with Crippen molar-refractivity contribution >= 4 is 33.1 Å². The second-order valence-corrected chi connectivity index (χ2v) is 6.73. The van der Waals surface area contributed by atoms with Crippen LogP contribution >= 0.6 is 11.6 Å². The standard InChI is InChI=1S/C12H16ClNO4S/c1-2-6-19(16,17)7-5-18-12(15)9-3-4-11(14)10(13)8-9/h3-4,8H,2,5-7,14H2,1H3. The van der Waals surface area contributed by atoms with Crippen LogP contribution in [-0.4, -0.2) is 32.5 Å². The normalized spacial score (nSPS) is 11.3. The first kappa shape index (κ1) is 15.8. The number of benzene rings is 1. The van der Waals surface area contributed by atoms with Crippen molar-refractivity contribution in [3.05, 3.63) is 28.8 Å². The summed E-state index contributed by atoms with van der Waals surface area (Å²) in [5.74, 6) is -0.693. The molecule has 0 fully saturated rings. The number of carbonyl (C=O) groups is 1. The molecule has 19 heavy (non-hydrogen) atoms. The zero-order chi connectivity index (χ0) is 14.5. The quantitative estimate of drug-likeness (QED) is 0.641. The molecule has 0 aromatic heterocycles. The van der Waals surface area contributed by atoms with Crippen molar-refractivity contribution in [3.63, 3.8) is 0 Å². The number of sulfone groups is 1. The van der Waals surface area contributed by atoms with Crippen LogP contribution < -0.4 is 5.73 Å². The van der Waals surface area contributed by atoms with Gasteiger partial charge in [-0.2, -0.15) is 0 Å². The third-order valence-corrected chi connectivity index (χ3v) is 4.53. The lowest BCUT2D eigenvalue weighted by Crippen LogP contribution is -2.17. The Bertz CT molecular complexity index is 557. The second-order valence-electron chi connectivity index (χ2n) is 4.02. The summed E-state index contributed by atoms with van der Waals surface area (Å²) < 4.78 is 27.7. The van der Waals surface area contributed by atoms with E-state index in [1.807, 2.05) is 0 Å². The molecule has 1 rings (SSSR count). The molecular weight excluding hydrogens is 290 g/mol. The van der Waals surface area contributed by atoms with Gasteiger partial charge in [0.25, 0.3) is 0 Å². The van der Waals surface area contributed by atoms with E-state index in [9.17, 15) is 13.2 Å². The molecule has 0 heterocycles. The molecule has 0 saturated heterocycles. The first-order valence-electron chi connectivity index (χ1n) is 5.78. The number of rotatable bonds is 6. The highest BCUT2D eigenvalue weighted by atomic mass is 35.5. The Kier molecular flexibility index (Phi) is 5.62. The molecule has 106 valence electrons. The fraction of sp³-hybridized carbons (Fsp3) is 0.417. The van der Waals surface area contributed by atoms with Gasteiger partial charge in [-0.1, -0.05) is 18.5 Å². The van der Waals surface area contributed by atoms with Crippen molar-refractivity contribution in [2.75, 3.05) is 23.8 Å². The summed E-state index contributed by atoms with van der Waals surface area (Å²) >= 11 is 5.78. The van der Waals surface area contributed by atoms with E-state index in [-0.39, 0.29) is 28.7 Å². The zero-order valence-corrected chi connectivity index (χ0v) is 12.1. The third-order valence-electron chi connectivity index (χ3n) is 2.38. The van der Waals surface area contributed by atoms with Gasteiger partial charge in [0.15, 0.2) is 9.84 Å². The van der Waals surface area contributed by atoms with Gasteiger partial charge in [0, 0.05) is 0 Å². The van der Waals surface area contributed by atoms with Crippen molar-refractivity contribution in [3.8, 4) is 0 Å². The molecule has 0 aliphatic rings. The minimum Gasteiger partial charge on any atom is -0.461 e. The van der Waals surface area contributed by atoms with E-state index in [0.717, 1.165) is 0 Å². The number of halogens is 1. The van der Waals surface area contributed by atoms with Gasteiger partial charge in [-0.25, -0.2) is 13.2 Å². The van der Waals surface area contributed by atoms with Crippen molar-refractivity contribution in [1.29, 1.82) is 0 Å². The van der Waals surface area contributed by atoms with Gasteiger partial charge >= 0.3 is 5.97 Å². The first-order valence-corrected chi connectivity index (χ1v) is 7.98. The molecule has 0 amide bonds. The van der Waals surface area contributed by atoms with Gasteiger partial charge in [0.05, 0.1) is 27.8 Å². The number of esters is 1. The summed E-state index contributed by atoms with van der Waals surface area (Å²) in [4.78, 5) is 11.6. The minimum atomic E-state index is -3.15. The maximum Gasteiger partial charge on any atom is 0.338 e. The summed E-state index contributed by atoms with van der Waals surface area (Å²) in [7, 11) is -3.15. The van der Waals surface area contributed by atoms with E-state index in [1.165, 1.54) is 18.2 Å². The lowest BCUT2D eigenvalue weighted by molar-refractivity contribution is 0.0529. The van der Waals surface area contributed by atoms with E-state index < -0.39 is 15.8 Å². The SMILES string of the molecule is CCCS(=O)(=O)CCOC(=O)c1ccc(N)c(Cl)c1. The molecule has 0 aliphatic carbocycles. The van der Waals surface area contributed by atoms with Crippen LogP contribution in [0.15, 0.2) is 18.2 Å². The molecule has 0 radical (unpaired) electrons. The van der Waals surface area contributed by atoms with Crippen LogP contribution in [0.5, 0.6) is 0 Å². The fourth-order valence-corrected chi connectivity index (χ4v) is 2.76. The summed E-state index contributed by atoms with van der Waals surface area (Å²) in [5, 5.41) is 0.257. The smallest absolute Gasteiger partial charge is 0.338 e. The highest BCUT2D eigenvalue weighted by Crippen LogP contribution is 2.20. The minimum absolute atomic E-state index is 0.0955. The molecule has 5 nitrogen and oxygen atoms in total. The molecule has 7 heteroatoms. The second kappa shape index (κ2) is 6.77. The monoisotopic (exact) mass is 305 g/mol. The zero-order valence-electron chi connectivity index (χ0n) is 10.6. The van der Waals surface area contributed by atoms with Gasteiger partial charge < -0.3 is 10.5 Å². The molecule has 0 spiro atoms. The summed E-state index contributed by atoms with van der Waals surface area (Å²) in [6, 6.07) is 4.36. The van der Waals surface area contributed by atoms with Crippen molar-refractivity contribution < 1.29 is 17.9 Å². The van der Waals surface area contributed by atoms with E-state index in [1.54, 1.807) is 6.92 Å². The fourth-order valence-electron chi connectivity index (χ4n) is 1.41. The van der Waals surface area contributed by atoms with Gasteiger partial charge in [-0.3, -0.25) is 0 Å². The van der Waals surface area contributed by atoms with Crippen molar-refractivity contribution in [2.24, 2.45) is 0 Å². The largest absolute Gasteiger partial charge is 0.461 e. The summed E-state index contributed by atoms with van der Waals surface area (Å²) in [6.07, 6.45) is 0.545. The van der Waals surface area contributed by atoms with Crippen LogP contribution in [0.1, 0.15) is 23.7 Å². The van der Waals surface area contributed by atoms with Gasteiger partial charge in [0.2, 0.25) is 0 Å². The van der Waals surface area contributed by atoms with E-state index in [2.05, 4.69) is 0 Å². The van der Waals surface area contributed by atoms with E-state index in [0.29, 0.717) is 12.1 Å². The number of carbonyl (C=O) groups excluding carboxylic acids is 1. The van der Waals surface area contributed by atoms with Crippen LogP contribution in [0.4, 0.5) is 5.69 Å². The molecule has 0 atom stereocenters. The molecule has 0 bridgehead atoms. The molecule has 1 aromatic rings. The van der Waals surface area contributed by atoms with Crippen LogP contribution in [0, 0.1) is 0 Å². The average Bonchev–Trinajstić information content (AvgIpc) is 2.32. The number of anilines is 1. The number of nitrogens with two attached hydrogens (primary N) is 1. The number of nitrogen functional groups attached to an aromatic ring is 1. The Hall–Kier alpha value is -1.27. The average molecular weight is 306 g/mol. The lowest BCUT2D eigenvalue weighted by atomic mass is 10.2. The third kappa shape index (κ3) is 5.08. The Balaban J connectivity index is 2.54. The molecule has 0 saturated carbocycles. The lowest BCUT2D eigenvalue weighted by Gasteiger charge is -2.06.